The van der Waals surface area contributed by atoms with Gasteiger partial charge in [0, 0.05) is 31.7 Å². The predicted molar refractivity (Wildman–Crippen MR) is 114 cm³/mol. The molecule has 0 spiro atoms. The molecule has 3 aromatic rings. The van der Waals surface area contributed by atoms with Crippen LogP contribution >= 0.6 is 0 Å². The summed E-state index contributed by atoms with van der Waals surface area (Å²) >= 11 is 0. The van der Waals surface area contributed by atoms with Gasteiger partial charge in [-0.2, -0.15) is 0 Å². The average molecular weight is 435 g/mol. The molecule has 1 amide bonds. The Morgan fingerprint density at radius 1 is 1.16 bits per heavy atom. The molecule has 164 valence electrons. The Morgan fingerprint density at radius 2 is 1.91 bits per heavy atom. The number of likely N-dealkylation sites (tertiary alicyclic amines) is 1. The number of hydrogen-bond acceptors (Lipinski definition) is 6. The molecule has 1 atom stereocenters. The molecule has 1 aliphatic heterocycles. The summed E-state index contributed by atoms with van der Waals surface area (Å²) in [6.07, 6.45) is 7.14. The molecule has 3 heterocycles. The number of aliphatic hydroxyl groups is 1. The molecule has 0 bridgehead atoms. The molecule has 4 rings (SSSR count). The van der Waals surface area contributed by atoms with Crippen molar-refractivity contribution in [3.05, 3.63) is 83.2 Å². The lowest BCUT2D eigenvalue weighted by molar-refractivity contribution is -0.139. The third-order valence-corrected chi connectivity index (χ3v) is 5.46. The van der Waals surface area contributed by atoms with Crippen molar-refractivity contribution in [3.8, 4) is 0 Å². The Kier molecular flexibility index (Phi) is 5.81. The molecule has 0 aliphatic carbocycles. The van der Waals surface area contributed by atoms with Crippen molar-refractivity contribution >= 4 is 17.4 Å². The van der Waals surface area contributed by atoms with Gasteiger partial charge in [0.05, 0.1) is 29.2 Å². The Balaban J connectivity index is 1.75. The SMILES string of the molecule is Cc1ncc(/C(O)=C2\C(=O)C(=O)N(CCCn3ccnc3)[C@H]2c2ccc(F)cc2)c(C)n1. The van der Waals surface area contributed by atoms with E-state index in [1.807, 2.05) is 10.8 Å². The molecule has 8 nitrogen and oxygen atoms in total. The number of amides is 1. The molecule has 1 aromatic carbocycles. The fourth-order valence-electron chi connectivity index (χ4n) is 3.91. The van der Waals surface area contributed by atoms with Crippen LogP contribution in [0.5, 0.6) is 0 Å². The largest absolute Gasteiger partial charge is 0.507 e. The highest BCUT2D eigenvalue weighted by atomic mass is 19.1. The molecule has 1 aliphatic rings. The number of ketones is 1. The quantitative estimate of drug-likeness (QED) is 0.363. The van der Waals surface area contributed by atoms with Crippen molar-refractivity contribution < 1.29 is 19.1 Å². The summed E-state index contributed by atoms with van der Waals surface area (Å²) in [7, 11) is 0. The van der Waals surface area contributed by atoms with E-state index in [2.05, 4.69) is 15.0 Å². The van der Waals surface area contributed by atoms with Gasteiger partial charge in [-0.25, -0.2) is 19.3 Å². The fraction of sp³-hybridized carbons (Fsp3) is 0.261. The standard InChI is InChI=1S/C23H22FN5O3/c1-14-18(12-26-15(2)27-14)21(30)19-20(16-4-6-17(24)7-5-16)29(23(32)22(19)31)10-3-9-28-11-8-25-13-28/h4-8,11-13,20,30H,3,9-10H2,1-2H3/b21-19+/t20-/m0/s1. The van der Waals surface area contributed by atoms with Crippen molar-refractivity contribution in [2.45, 2.75) is 32.9 Å². The summed E-state index contributed by atoms with van der Waals surface area (Å²) < 4.78 is 15.4. The van der Waals surface area contributed by atoms with E-state index >= 15 is 0 Å². The number of halogens is 1. The summed E-state index contributed by atoms with van der Waals surface area (Å²) in [4.78, 5) is 39.7. The fourth-order valence-corrected chi connectivity index (χ4v) is 3.91. The second kappa shape index (κ2) is 8.70. The number of hydrogen-bond donors (Lipinski definition) is 1. The average Bonchev–Trinajstić information content (AvgIpc) is 3.36. The van der Waals surface area contributed by atoms with Gasteiger partial charge in [0.2, 0.25) is 0 Å². The van der Waals surface area contributed by atoms with Gasteiger partial charge in [0.25, 0.3) is 11.7 Å². The summed E-state index contributed by atoms with van der Waals surface area (Å²) in [5.74, 6) is -1.76. The lowest BCUT2D eigenvalue weighted by atomic mass is 9.95. The van der Waals surface area contributed by atoms with Crippen LogP contribution in [0.25, 0.3) is 5.76 Å². The number of Topliss-reactive ketones (excluding diaryl/α,β-unsaturated/α-hetero) is 1. The third kappa shape index (κ3) is 4.01. The van der Waals surface area contributed by atoms with E-state index in [4.69, 9.17) is 0 Å². The molecule has 1 N–H and O–H groups in total. The number of nitrogens with zero attached hydrogens (tertiary/aromatic N) is 5. The van der Waals surface area contributed by atoms with Crippen LogP contribution in [0, 0.1) is 19.7 Å². The highest BCUT2D eigenvalue weighted by molar-refractivity contribution is 6.46. The van der Waals surface area contributed by atoms with Crippen LogP contribution in [0.4, 0.5) is 4.39 Å². The van der Waals surface area contributed by atoms with Crippen molar-refractivity contribution in [2.24, 2.45) is 0 Å². The molecule has 0 saturated carbocycles. The van der Waals surface area contributed by atoms with Crippen LogP contribution in [-0.2, 0) is 16.1 Å². The Morgan fingerprint density at radius 3 is 2.56 bits per heavy atom. The van der Waals surface area contributed by atoms with Crippen LogP contribution in [0.1, 0.15) is 35.1 Å². The Hall–Kier alpha value is -3.88. The highest BCUT2D eigenvalue weighted by Crippen LogP contribution is 2.39. The second-order valence-corrected chi connectivity index (χ2v) is 7.61. The van der Waals surface area contributed by atoms with Crippen LogP contribution in [0.15, 0.2) is 54.8 Å². The first kappa shape index (κ1) is 21.4. The predicted octanol–water partition coefficient (Wildman–Crippen LogP) is 2.94. The van der Waals surface area contributed by atoms with E-state index in [0.717, 1.165) is 0 Å². The monoisotopic (exact) mass is 435 g/mol. The first-order chi connectivity index (χ1) is 15.4. The maximum atomic E-state index is 13.6. The summed E-state index contributed by atoms with van der Waals surface area (Å²) in [6.45, 7) is 4.28. The van der Waals surface area contributed by atoms with E-state index in [1.165, 1.54) is 35.4 Å². The smallest absolute Gasteiger partial charge is 0.295 e. The minimum absolute atomic E-state index is 0.0557. The molecule has 2 aromatic heterocycles. The van der Waals surface area contributed by atoms with Crippen molar-refractivity contribution in [1.82, 2.24) is 24.4 Å². The van der Waals surface area contributed by atoms with Gasteiger partial charge >= 0.3 is 0 Å². The van der Waals surface area contributed by atoms with Gasteiger partial charge in [0.15, 0.2) is 0 Å². The van der Waals surface area contributed by atoms with Crippen LogP contribution in [-0.4, -0.2) is 47.8 Å². The summed E-state index contributed by atoms with van der Waals surface area (Å²) in [5, 5.41) is 11.1. The number of carbonyl (C=O) groups excluding carboxylic acids is 2. The normalized spacial score (nSPS) is 17.8. The molecular weight excluding hydrogens is 413 g/mol. The zero-order valence-corrected chi connectivity index (χ0v) is 17.7. The minimum Gasteiger partial charge on any atom is -0.507 e. The van der Waals surface area contributed by atoms with E-state index in [9.17, 15) is 19.1 Å². The first-order valence-corrected chi connectivity index (χ1v) is 10.2. The van der Waals surface area contributed by atoms with Crippen molar-refractivity contribution in [3.63, 3.8) is 0 Å². The number of aliphatic hydroxyl groups excluding tert-OH is 1. The van der Waals surface area contributed by atoms with Gasteiger partial charge < -0.3 is 14.6 Å². The number of aryl methyl sites for hydroxylation is 3. The number of imidazole rings is 1. The van der Waals surface area contributed by atoms with E-state index < -0.39 is 23.5 Å². The van der Waals surface area contributed by atoms with Gasteiger partial charge in [-0.3, -0.25) is 9.59 Å². The molecule has 0 radical (unpaired) electrons. The van der Waals surface area contributed by atoms with Gasteiger partial charge in [-0.05, 0) is 38.0 Å². The first-order valence-electron chi connectivity index (χ1n) is 10.2. The van der Waals surface area contributed by atoms with E-state index in [-0.39, 0.29) is 23.4 Å². The number of carbonyl (C=O) groups is 2. The molecule has 1 fully saturated rings. The van der Waals surface area contributed by atoms with E-state index in [0.29, 0.717) is 30.0 Å². The molecule has 0 unspecified atom stereocenters. The maximum absolute atomic E-state index is 13.6. The number of aromatic nitrogens is 4. The van der Waals surface area contributed by atoms with Gasteiger partial charge in [-0.1, -0.05) is 12.1 Å². The number of rotatable bonds is 6. The maximum Gasteiger partial charge on any atom is 0.295 e. The lowest BCUT2D eigenvalue weighted by Crippen LogP contribution is -2.31. The zero-order chi connectivity index (χ0) is 22.8. The summed E-state index contributed by atoms with van der Waals surface area (Å²) in [6, 6.07) is 4.71. The molecule has 32 heavy (non-hydrogen) atoms. The van der Waals surface area contributed by atoms with Crippen LogP contribution < -0.4 is 0 Å². The highest BCUT2D eigenvalue weighted by Gasteiger charge is 2.46. The lowest BCUT2D eigenvalue weighted by Gasteiger charge is -2.25. The molecule has 9 heteroatoms. The second-order valence-electron chi connectivity index (χ2n) is 7.61. The van der Waals surface area contributed by atoms with Crippen molar-refractivity contribution in [1.29, 1.82) is 0 Å². The van der Waals surface area contributed by atoms with Gasteiger partial charge in [-0.15, -0.1) is 0 Å². The molecule has 1 saturated heterocycles. The minimum atomic E-state index is -0.848. The topological polar surface area (TPSA) is 101 Å². The number of benzene rings is 1. The van der Waals surface area contributed by atoms with Crippen molar-refractivity contribution in [2.75, 3.05) is 6.54 Å². The summed E-state index contributed by atoms with van der Waals surface area (Å²) in [5.41, 5.74) is 1.23. The Bertz CT molecular complexity index is 1190. The van der Waals surface area contributed by atoms with Gasteiger partial charge in [0.1, 0.15) is 17.4 Å². The van der Waals surface area contributed by atoms with Crippen LogP contribution in [0.3, 0.4) is 0 Å². The Labute approximate surface area is 184 Å². The third-order valence-electron chi connectivity index (χ3n) is 5.46. The zero-order valence-electron chi connectivity index (χ0n) is 17.7. The van der Waals surface area contributed by atoms with E-state index in [1.54, 1.807) is 26.4 Å². The molecular formula is C23H22FN5O3. The van der Waals surface area contributed by atoms with Crippen LogP contribution in [0.2, 0.25) is 0 Å².